The summed E-state index contributed by atoms with van der Waals surface area (Å²) < 4.78 is 1.32. The summed E-state index contributed by atoms with van der Waals surface area (Å²) in [5.41, 5.74) is 0.251. The summed E-state index contributed by atoms with van der Waals surface area (Å²) in [5.74, 6) is -1.95. The summed E-state index contributed by atoms with van der Waals surface area (Å²) in [4.78, 5) is 41.8. The monoisotopic (exact) mass is 373 g/mol. The maximum absolute atomic E-state index is 13.0. The van der Waals surface area contributed by atoms with Crippen molar-refractivity contribution in [3.63, 3.8) is 0 Å². The third kappa shape index (κ3) is 4.35. The summed E-state index contributed by atoms with van der Waals surface area (Å²) in [6.45, 7) is 7.44. The topological polar surface area (TPSA) is 101 Å². The second kappa shape index (κ2) is 8.79. The molecule has 146 valence electrons. The van der Waals surface area contributed by atoms with Crippen LogP contribution in [0.3, 0.4) is 0 Å². The number of hydrogen-bond acceptors (Lipinski definition) is 4. The van der Waals surface area contributed by atoms with E-state index in [1.807, 2.05) is 20.8 Å². The van der Waals surface area contributed by atoms with Gasteiger partial charge in [-0.1, -0.05) is 52.7 Å². The molecule has 7 heteroatoms. The van der Waals surface area contributed by atoms with Crippen LogP contribution in [-0.2, 0) is 9.59 Å². The fourth-order valence-electron chi connectivity index (χ4n) is 3.09. The molecule has 1 heterocycles. The number of hydrogen-bond donors (Lipinski definition) is 2. The summed E-state index contributed by atoms with van der Waals surface area (Å²) in [6.07, 6.45) is 2.64. The van der Waals surface area contributed by atoms with Crippen LogP contribution in [0.1, 0.15) is 46.6 Å². The van der Waals surface area contributed by atoms with E-state index in [1.54, 1.807) is 31.2 Å². The zero-order valence-electron chi connectivity index (χ0n) is 16.2. The lowest BCUT2D eigenvalue weighted by Crippen LogP contribution is -2.49. The van der Waals surface area contributed by atoms with Gasteiger partial charge in [-0.05, 0) is 24.0 Å². The van der Waals surface area contributed by atoms with Crippen molar-refractivity contribution in [3.8, 4) is 0 Å². The van der Waals surface area contributed by atoms with Crippen LogP contribution in [0.2, 0.25) is 0 Å². The lowest BCUT2D eigenvalue weighted by molar-refractivity contribution is -0.144. The third-order valence-electron chi connectivity index (χ3n) is 5.22. The van der Waals surface area contributed by atoms with E-state index >= 15 is 0 Å². The minimum atomic E-state index is -1.08. The van der Waals surface area contributed by atoms with Crippen LogP contribution in [0, 0.1) is 11.8 Å². The maximum Gasteiger partial charge on any atom is 0.326 e. The molecule has 0 aliphatic carbocycles. The van der Waals surface area contributed by atoms with Crippen LogP contribution in [0.5, 0.6) is 0 Å². The molecule has 27 heavy (non-hydrogen) atoms. The fourth-order valence-corrected chi connectivity index (χ4v) is 3.09. The van der Waals surface area contributed by atoms with Gasteiger partial charge in [0.25, 0.3) is 5.56 Å². The van der Waals surface area contributed by atoms with Gasteiger partial charge in [0, 0.05) is 0 Å². The highest BCUT2D eigenvalue weighted by Gasteiger charge is 2.32. The van der Waals surface area contributed by atoms with Crippen molar-refractivity contribution in [2.75, 3.05) is 0 Å². The Balaban J connectivity index is 2.47. The van der Waals surface area contributed by atoms with Gasteiger partial charge in [0.05, 0.1) is 17.2 Å². The number of carbonyl (C=O) groups excluding carboxylic acids is 1. The number of benzene rings is 1. The first-order valence-electron chi connectivity index (χ1n) is 9.30. The highest BCUT2D eigenvalue weighted by atomic mass is 16.4. The average Bonchev–Trinajstić information content (AvgIpc) is 2.67. The van der Waals surface area contributed by atoms with E-state index in [0.29, 0.717) is 23.7 Å². The Bertz CT molecular complexity index is 877. The molecule has 0 spiro atoms. The Kier molecular flexibility index (Phi) is 6.71. The Hall–Kier alpha value is -2.70. The smallest absolute Gasteiger partial charge is 0.326 e. The van der Waals surface area contributed by atoms with Crippen LogP contribution in [0.4, 0.5) is 0 Å². The maximum atomic E-state index is 13.0. The second-order valence-electron chi connectivity index (χ2n) is 7.01. The zero-order chi connectivity index (χ0) is 20.1. The molecule has 1 aromatic heterocycles. The normalized spacial score (nSPS) is 15.7. The highest BCUT2D eigenvalue weighted by molar-refractivity contribution is 5.86. The molecule has 0 saturated carbocycles. The molecule has 7 nitrogen and oxygen atoms in total. The quantitative estimate of drug-likeness (QED) is 0.741. The number of rotatable bonds is 8. The Morgan fingerprint density at radius 1 is 1.15 bits per heavy atom. The molecule has 4 atom stereocenters. The minimum Gasteiger partial charge on any atom is -0.480 e. The molecule has 0 aliphatic rings. The van der Waals surface area contributed by atoms with Crippen LogP contribution in [0.25, 0.3) is 10.9 Å². The predicted molar refractivity (Wildman–Crippen MR) is 104 cm³/mol. The SMILES string of the molecule is CC[C@@H](C)[C@H](NC(=O)[C@H]([C@@H](C)CC)n1cnc2ccccc2c1=O)C(=O)O. The van der Waals surface area contributed by atoms with Crippen LogP contribution in [0.15, 0.2) is 35.4 Å². The Labute approximate surface area is 158 Å². The minimum absolute atomic E-state index is 0.169. The number of carboxylic acids is 1. The second-order valence-corrected chi connectivity index (χ2v) is 7.01. The molecule has 0 aliphatic heterocycles. The van der Waals surface area contributed by atoms with Gasteiger partial charge in [0.2, 0.25) is 5.91 Å². The van der Waals surface area contributed by atoms with Crippen molar-refractivity contribution in [2.45, 2.75) is 52.6 Å². The zero-order valence-corrected chi connectivity index (χ0v) is 16.2. The third-order valence-corrected chi connectivity index (χ3v) is 5.22. The molecule has 2 aromatic rings. The molecule has 0 radical (unpaired) electrons. The van der Waals surface area contributed by atoms with E-state index in [0.717, 1.165) is 0 Å². The molecule has 1 aromatic carbocycles. The summed E-state index contributed by atoms with van der Waals surface area (Å²) >= 11 is 0. The Morgan fingerprint density at radius 3 is 2.37 bits per heavy atom. The van der Waals surface area contributed by atoms with Gasteiger partial charge in [0.1, 0.15) is 12.1 Å². The number of fused-ring (bicyclic) bond motifs is 1. The predicted octanol–water partition coefficient (Wildman–Crippen LogP) is 2.60. The van der Waals surface area contributed by atoms with E-state index in [4.69, 9.17) is 0 Å². The lowest BCUT2D eigenvalue weighted by atomic mass is 9.95. The van der Waals surface area contributed by atoms with Gasteiger partial charge >= 0.3 is 5.97 Å². The van der Waals surface area contributed by atoms with Crippen LogP contribution >= 0.6 is 0 Å². The largest absolute Gasteiger partial charge is 0.480 e. The first-order chi connectivity index (χ1) is 12.8. The molecule has 2 rings (SSSR count). The average molecular weight is 373 g/mol. The van der Waals surface area contributed by atoms with Crippen molar-refractivity contribution >= 4 is 22.8 Å². The first-order valence-corrected chi connectivity index (χ1v) is 9.30. The molecule has 0 fully saturated rings. The molecular weight excluding hydrogens is 346 g/mol. The molecule has 0 unspecified atom stereocenters. The van der Waals surface area contributed by atoms with Crippen LogP contribution < -0.4 is 10.9 Å². The van der Waals surface area contributed by atoms with E-state index in [2.05, 4.69) is 10.3 Å². The van der Waals surface area contributed by atoms with Crippen molar-refractivity contribution in [2.24, 2.45) is 11.8 Å². The molecule has 0 saturated heterocycles. The van der Waals surface area contributed by atoms with E-state index in [1.165, 1.54) is 10.9 Å². The molecule has 2 N–H and O–H groups in total. The standard InChI is InChI=1S/C20H27N3O4/c1-5-12(3)16(20(26)27)22-18(24)17(13(4)6-2)23-11-21-15-10-8-7-9-14(15)19(23)25/h7-13,16-17H,5-6H2,1-4H3,(H,22,24)(H,26,27)/t12-,13+,16+,17+/m1/s1. The van der Waals surface area contributed by atoms with Gasteiger partial charge in [0.15, 0.2) is 0 Å². The van der Waals surface area contributed by atoms with Gasteiger partial charge in [-0.3, -0.25) is 14.2 Å². The van der Waals surface area contributed by atoms with Crippen molar-refractivity contribution in [1.82, 2.24) is 14.9 Å². The van der Waals surface area contributed by atoms with E-state index < -0.39 is 24.0 Å². The highest BCUT2D eigenvalue weighted by Crippen LogP contribution is 2.22. The molecular formula is C20H27N3O4. The number of aliphatic carboxylic acids is 1. The van der Waals surface area contributed by atoms with E-state index in [9.17, 15) is 19.5 Å². The summed E-state index contributed by atoms with van der Waals surface area (Å²) in [5, 5.41) is 12.5. The van der Waals surface area contributed by atoms with Gasteiger partial charge in [-0.15, -0.1) is 0 Å². The fraction of sp³-hybridized carbons (Fsp3) is 0.500. The number of nitrogens with zero attached hydrogens (tertiary/aromatic N) is 2. The number of amides is 1. The number of nitrogens with one attached hydrogen (secondary N) is 1. The number of carbonyl (C=O) groups is 2. The number of carboxylic acid groups (broad SMARTS) is 1. The van der Waals surface area contributed by atoms with Crippen LogP contribution in [-0.4, -0.2) is 32.6 Å². The first kappa shape index (κ1) is 20.6. The Morgan fingerprint density at radius 2 is 1.78 bits per heavy atom. The van der Waals surface area contributed by atoms with Gasteiger partial charge < -0.3 is 10.4 Å². The summed E-state index contributed by atoms with van der Waals surface area (Å²) in [7, 11) is 0. The van der Waals surface area contributed by atoms with Crippen molar-refractivity contribution in [3.05, 3.63) is 40.9 Å². The lowest BCUT2D eigenvalue weighted by Gasteiger charge is -2.27. The van der Waals surface area contributed by atoms with E-state index in [-0.39, 0.29) is 17.4 Å². The molecule has 0 bridgehead atoms. The molecule has 1 amide bonds. The van der Waals surface area contributed by atoms with Gasteiger partial charge in [-0.2, -0.15) is 0 Å². The number of para-hydroxylation sites is 1. The van der Waals surface area contributed by atoms with Crippen molar-refractivity contribution in [1.29, 1.82) is 0 Å². The number of aromatic nitrogens is 2. The van der Waals surface area contributed by atoms with Gasteiger partial charge in [-0.25, -0.2) is 9.78 Å². The summed E-state index contributed by atoms with van der Waals surface area (Å²) in [6, 6.07) is 5.12. The van der Waals surface area contributed by atoms with Crippen molar-refractivity contribution < 1.29 is 14.7 Å².